The Balaban J connectivity index is 1.54. The summed E-state index contributed by atoms with van der Waals surface area (Å²) in [4.78, 5) is 0. The monoisotopic (exact) mass is 426 g/mol. The Hall–Kier alpha value is 1.18. The van der Waals surface area contributed by atoms with Gasteiger partial charge in [0.05, 0.1) is 0 Å². The van der Waals surface area contributed by atoms with E-state index in [0.29, 0.717) is 10.8 Å². The predicted octanol–water partition coefficient (Wildman–Crippen LogP) is 5.78. The van der Waals surface area contributed by atoms with Gasteiger partial charge in [0, 0.05) is 0 Å². The van der Waals surface area contributed by atoms with Gasteiger partial charge >= 0.3 is 142 Å². The Kier molecular flexibility index (Phi) is 8.19. The van der Waals surface area contributed by atoms with Gasteiger partial charge in [0.2, 0.25) is 0 Å². The third-order valence-corrected chi connectivity index (χ3v) is 10.9. The maximum absolute atomic E-state index is 12.3. The molecule has 1 nitrogen and oxygen atoms in total. The van der Waals surface area contributed by atoms with Crippen molar-refractivity contribution in [2.24, 2.45) is 11.8 Å². The first-order valence-corrected chi connectivity index (χ1v) is 14.5. The number of hydrogen-bond donors (Lipinski definition) is 0. The van der Waals surface area contributed by atoms with E-state index in [0.717, 1.165) is 20.7 Å². The molecule has 0 aliphatic heterocycles. The van der Waals surface area contributed by atoms with Crippen LogP contribution >= 0.6 is 23.2 Å². The molecule has 0 aromatic rings. The van der Waals surface area contributed by atoms with Gasteiger partial charge in [-0.2, -0.15) is 0 Å². The fraction of sp³-hybridized carbons (Fsp3) is 1.00. The molecular weight excluding hydrogens is 398 g/mol. The van der Waals surface area contributed by atoms with Crippen LogP contribution in [0.25, 0.3) is 0 Å². The molecule has 0 heterocycles. The second-order valence-corrected chi connectivity index (χ2v) is 14.0. The van der Waals surface area contributed by atoms with Crippen LogP contribution in [-0.2, 0) is 3.08 Å². The van der Waals surface area contributed by atoms with Gasteiger partial charge in [-0.05, 0) is 0 Å². The summed E-state index contributed by atoms with van der Waals surface area (Å²) in [5, 5.41) is 0.822. The van der Waals surface area contributed by atoms with Crippen molar-refractivity contribution in [3.63, 3.8) is 0 Å². The van der Waals surface area contributed by atoms with Crippen molar-refractivity contribution in [3.05, 3.63) is 0 Å². The topological polar surface area (TPSA) is 17.1 Å². The summed E-state index contributed by atoms with van der Waals surface area (Å²) in [6, 6.07) is 0. The van der Waals surface area contributed by atoms with E-state index in [1.54, 1.807) is 0 Å². The molecule has 2 fully saturated rings. The van der Waals surface area contributed by atoms with Crippen molar-refractivity contribution in [2.45, 2.75) is 83.8 Å². The summed E-state index contributed by atoms with van der Waals surface area (Å²) in [7, 11) is 0. The summed E-state index contributed by atoms with van der Waals surface area (Å²) < 4.78 is 14.4. The van der Waals surface area contributed by atoms with E-state index in [1.807, 2.05) is 0 Å². The Morgan fingerprint density at radius 3 is 1.40 bits per heavy atom. The molecule has 0 atom stereocenters. The van der Waals surface area contributed by atoms with E-state index in [-0.39, 0.29) is 0 Å². The van der Waals surface area contributed by atoms with Crippen molar-refractivity contribution in [2.75, 3.05) is 0 Å². The van der Waals surface area contributed by atoms with Crippen molar-refractivity contribution >= 4 is 42.9 Å². The molecule has 0 aromatic heterocycles. The van der Waals surface area contributed by atoms with Gasteiger partial charge in [-0.25, -0.2) is 0 Å². The fourth-order valence-electron chi connectivity index (χ4n) is 3.68. The van der Waals surface area contributed by atoms with Gasteiger partial charge in [-0.15, -0.1) is 0 Å². The van der Waals surface area contributed by atoms with Crippen molar-refractivity contribution in [1.29, 1.82) is 0 Å². The van der Waals surface area contributed by atoms with Gasteiger partial charge in [0.15, 0.2) is 0 Å². The maximum atomic E-state index is 12.3. The predicted molar refractivity (Wildman–Crippen MR) is 88.5 cm³/mol. The van der Waals surface area contributed by atoms with Crippen LogP contribution in [0.1, 0.15) is 64.2 Å². The van der Waals surface area contributed by atoms with Gasteiger partial charge in [0.25, 0.3) is 0 Å². The van der Waals surface area contributed by atoms with Gasteiger partial charge in [-0.1, -0.05) is 0 Å². The minimum atomic E-state index is -2.26. The van der Waals surface area contributed by atoms with Crippen LogP contribution in [0, 0.1) is 11.8 Å². The van der Waals surface area contributed by atoms with Gasteiger partial charge in [0.1, 0.15) is 0 Å². The van der Waals surface area contributed by atoms with Crippen molar-refractivity contribution in [3.8, 4) is 0 Å². The molecule has 20 heavy (non-hydrogen) atoms. The Morgan fingerprint density at radius 2 is 1.05 bits per heavy atom. The molecule has 2 aliphatic rings. The molecule has 2 rings (SSSR count). The summed E-state index contributed by atoms with van der Waals surface area (Å²) >= 11 is 10.0. The van der Waals surface area contributed by atoms with Crippen LogP contribution in [-0.4, -0.2) is 30.5 Å². The zero-order valence-corrected chi connectivity index (χ0v) is 16.8. The molecule has 0 unspecified atom stereocenters. The van der Waals surface area contributed by atoms with E-state index in [4.69, 9.17) is 23.2 Å². The molecule has 4 heteroatoms. The van der Waals surface area contributed by atoms with E-state index < -0.39 is 19.7 Å². The molecule has 2 aliphatic carbocycles. The molecule has 0 radical (unpaired) electrons. The summed E-state index contributed by atoms with van der Waals surface area (Å²) in [6.07, 6.45) is 12.2. The summed E-state index contributed by atoms with van der Waals surface area (Å²) in [5.74, 6) is 1.64. The SMILES string of the molecule is [O]=[Sn]([CH2]CC1CCC(Cl)CC1)[CH2]CC1CCC(Cl)CC1. The van der Waals surface area contributed by atoms with E-state index in [9.17, 15) is 3.08 Å². The second kappa shape index (κ2) is 9.35. The van der Waals surface area contributed by atoms with E-state index >= 15 is 0 Å². The normalized spacial score (nSPS) is 34.9. The number of hydrogen-bond acceptors (Lipinski definition) is 1. The van der Waals surface area contributed by atoms with Crippen LogP contribution in [0.4, 0.5) is 0 Å². The second-order valence-electron chi connectivity index (χ2n) is 6.85. The van der Waals surface area contributed by atoms with Crippen LogP contribution in [0.2, 0.25) is 8.87 Å². The van der Waals surface area contributed by atoms with Crippen LogP contribution < -0.4 is 0 Å². The molecule has 2 saturated carbocycles. The Morgan fingerprint density at radius 1 is 0.700 bits per heavy atom. The molecule has 0 N–H and O–H groups in total. The zero-order valence-electron chi connectivity index (χ0n) is 12.5. The molecule has 0 bridgehead atoms. The van der Waals surface area contributed by atoms with Crippen molar-refractivity contribution in [1.82, 2.24) is 0 Å². The molecule has 0 aromatic carbocycles. The fourth-order valence-corrected chi connectivity index (χ4v) is 9.06. The van der Waals surface area contributed by atoms with E-state index in [1.165, 1.54) is 64.2 Å². The number of halogens is 2. The minimum absolute atomic E-state index is 0.411. The average Bonchev–Trinajstić information content (AvgIpc) is 2.46. The first kappa shape index (κ1) is 17.5. The molecule has 0 spiro atoms. The Bertz CT molecular complexity index is 267. The third kappa shape index (κ3) is 6.52. The number of rotatable bonds is 6. The Labute approximate surface area is 141 Å². The summed E-state index contributed by atoms with van der Waals surface area (Å²) in [5.41, 5.74) is 0. The standard InChI is InChI=1S/2C8H14Cl.O.Sn/c2*1-2-7-3-5-8(9)6-4-7;;/h2*7-8H,1-6H2;;. The zero-order chi connectivity index (χ0) is 14.4. The molecule has 0 saturated heterocycles. The third-order valence-electron chi connectivity index (χ3n) is 5.22. The van der Waals surface area contributed by atoms with Crippen LogP contribution in [0.15, 0.2) is 0 Å². The van der Waals surface area contributed by atoms with Gasteiger partial charge in [-0.3, -0.25) is 0 Å². The first-order valence-electron chi connectivity index (χ1n) is 8.43. The molecular formula is C16H28Cl2OSn. The average molecular weight is 426 g/mol. The van der Waals surface area contributed by atoms with Crippen LogP contribution in [0.5, 0.6) is 0 Å². The molecule has 116 valence electrons. The molecule has 0 amide bonds. The van der Waals surface area contributed by atoms with Gasteiger partial charge < -0.3 is 0 Å². The quantitative estimate of drug-likeness (QED) is 0.389. The van der Waals surface area contributed by atoms with Crippen LogP contribution in [0.3, 0.4) is 0 Å². The van der Waals surface area contributed by atoms with E-state index in [2.05, 4.69) is 0 Å². The van der Waals surface area contributed by atoms with Crippen molar-refractivity contribution < 1.29 is 3.08 Å². The summed E-state index contributed by atoms with van der Waals surface area (Å²) in [6.45, 7) is 0. The first-order chi connectivity index (χ1) is 9.63. The number of alkyl halides is 2.